The molecule has 1 atom stereocenters. The molecule has 3 aromatic carbocycles. The Labute approximate surface area is 211 Å². The van der Waals surface area contributed by atoms with Gasteiger partial charge in [-0.2, -0.15) is 0 Å². The SMILES string of the molecule is CC(C)CNC(=O)C(Cc1ccccc1)N(Cc1ccc(Cl)cc1)C(=O)Cc1cccc(Cl)c1. The van der Waals surface area contributed by atoms with Gasteiger partial charge in [0.05, 0.1) is 6.42 Å². The minimum atomic E-state index is -0.663. The molecule has 6 heteroatoms. The Morgan fingerprint density at radius 2 is 1.50 bits per heavy atom. The van der Waals surface area contributed by atoms with Crippen LogP contribution in [0, 0.1) is 5.92 Å². The highest BCUT2D eigenvalue weighted by Gasteiger charge is 2.30. The topological polar surface area (TPSA) is 49.4 Å². The molecular weight excluding hydrogens is 467 g/mol. The van der Waals surface area contributed by atoms with Crippen molar-refractivity contribution in [3.8, 4) is 0 Å². The molecule has 0 bridgehead atoms. The highest BCUT2D eigenvalue weighted by atomic mass is 35.5. The zero-order valence-electron chi connectivity index (χ0n) is 19.5. The van der Waals surface area contributed by atoms with Crippen LogP contribution >= 0.6 is 23.2 Å². The number of rotatable bonds is 10. The first-order chi connectivity index (χ1) is 16.3. The summed E-state index contributed by atoms with van der Waals surface area (Å²) in [7, 11) is 0. The van der Waals surface area contributed by atoms with Crippen molar-refractivity contribution in [3.05, 3.63) is 106 Å². The number of carbonyl (C=O) groups excluding carboxylic acids is 2. The molecule has 178 valence electrons. The second-order valence-electron chi connectivity index (χ2n) is 8.80. The van der Waals surface area contributed by atoms with Crippen LogP contribution in [-0.4, -0.2) is 29.3 Å². The molecule has 0 heterocycles. The summed E-state index contributed by atoms with van der Waals surface area (Å²) in [5.41, 5.74) is 2.70. The average Bonchev–Trinajstić information content (AvgIpc) is 2.81. The van der Waals surface area contributed by atoms with Gasteiger partial charge in [0, 0.05) is 29.6 Å². The summed E-state index contributed by atoms with van der Waals surface area (Å²) >= 11 is 12.2. The molecule has 0 aliphatic heterocycles. The highest BCUT2D eigenvalue weighted by Crippen LogP contribution is 2.19. The van der Waals surface area contributed by atoms with E-state index in [9.17, 15) is 9.59 Å². The molecule has 1 N–H and O–H groups in total. The van der Waals surface area contributed by atoms with E-state index < -0.39 is 6.04 Å². The lowest BCUT2D eigenvalue weighted by Gasteiger charge is -2.32. The average molecular weight is 497 g/mol. The van der Waals surface area contributed by atoms with Crippen molar-refractivity contribution < 1.29 is 9.59 Å². The molecule has 3 aromatic rings. The number of hydrogen-bond acceptors (Lipinski definition) is 2. The summed E-state index contributed by atoms with van der Waals surface area (Å²) in [6.45, 7) is 4.93. The Morgan fingerprint density at radius 3 is 2.15 bits per heavy atom. The summed E-state index contributed by atoms with van der Waals surface area (Å²) < 4.78 is 0. The Morgan fingerprint density at radius 1 is 0.824 bits per heavy atom. The van der Waals surface area contributed by atoms with Crippen LogP contribution in [0.15, 0.2) is 78.9 Å². The van der Waals surface area contributed by atoms with Gasteiger partial charge in [0.25, 0.3) is 0 Å². The largest absolute Gasteiger partial charge is 0.354 e. The Bertz CT molecular complexity index is 1090. The third-order valence-electron chi connectivity index (χ3n) is 5.47. The van der Waals surface area contributed by atoms with Gasteiger partial charge in [-0.05, 0) is 46.9 Å². The van der Waals surface area contributed by atoms with Gasteiger partial charge in [0.15, 0.2) is 0 Å². The van der Waals surface area contributed by atoms with Crippen molar-refractivity contribution in [3.63, 3.8) is 0 Å². The van der Waals surface area contributed by atoms with Gasteiger partial charge in [0.1, 0.15) is 6.04 Å². The fraction of sp³-hybridized carbons (Fsp3) is 0.286. The number of amides is 2. The van der Waals surface area contributed by atoms with E-state index in [1.807, 2.05) is 68.4 Å². The second-order valence-corrected chi connectivity index (χ2v) is 9.67. The van der Waals surface area contributed by atoms with Gasteiger partial charge in [-0.1, -0.05) is 91.6 Å². The predicted molar refractivity (Wildman–Crippen MR) is 139 cm³/mol. The maximum Gasteiger partial charge on any atom is 0.243 e. The van der Waals surface area contributed by atoms with Crippen LogP contribution in [-0.2, 0) is 29.0 Å². The summed E-state index contributed by atoms with van der Waals surface area (Å²) in [6.07, 6.45) is 0.566. The Kier molecular flexibility index (Phi) is 9.55. The normalized spacial score (nSPS) is 11.8. The molecule has 0 aromatic heterocycles. The van der Waals surface area contributed by atoms with Crippen molar-refractivity contribution in [1.29, 1.82) is 0 Å². The van der Waals surface area contributed by atoms with E-state index in [0.29, 0.717) is 35.5 Å². The van der Waals surface area contributed by atoms with Gasteiger partial charge in [-0.15, -0.1) is 0 Å². The quantitative estimate of drug-likeness (QED) is 0.377. The minimum absolute atomic E-state index is 0.141. The van der Waals surface area contributed by atoms with Crippen molar-refractivity contribution in [1.82, 2.24) is 10.2 Å². The maximum absolute atomic E-state index is 13.6. The molecule has 1 unspecified atom stereocenters. The number of nitrogens with zero attached hydrogens (tertiary/aromatic N) is 1. The van der Waals surface area contributed by atoms with E-state index in [2.05, 4.69) is 5.32 Å². The molecule has 0 radical (unpaired) electrons. The molecule has 0 saturated heterocycles. The van der Waals surface area contributed by atoms with Crippen LogP contribution in [0.4, 0.5) is 0 Å². The van der Waals surface area contributed by atoms with Crippen molar-refractivity contribution in [2.45, 2.75) is 39.3 Å². The summed E-state index contributed by atoms with van der Waals surface area (Å²) in [5.74, 6) is -0.00277. The number of hydrogen-bond donors (Lipinski definition) is 1. The summed E-state index contributed by atoms with van der Waals surface area (Å²) in [6, 6.07) is 23.7. The zero-order valence-corrected chi connectivity index (χ0v) is 21.0. The smallest absolute Gasteiger partial charge is 0.243 e. The standard InChI is InChI=1S/C28H30Cl2N2O2/c1-20(2)18-31-28(34)26(16-21-7-4-3-5-8-21)32(19-22-11-13-24(29)14-12-22)27(33)17-23-9-6-10-25(30)15-23/h3-15,20,26H,16-19H2,1-2H3,(H,31,34). The fourth-order valence-corrected chi connectivity index (χ4v) is 4.02. The number of carbonyl (C=O) groups is 2. The van der Waals surface area contributed by atoms with E-state index in [1.165, 1.54) is 0 Å². The van der Waals surface area contributed by atoms with Crippen LogP contribution in [0.3, 0.4) is 0 Å². The molecule has 2 amide bonds. The highest BCUT2D eigenvalue weighted by molar-refractivity contribution is 6.30. The zero-order chi connectivity index (χ0) is 24.5. The van der Waals surface area contributed by atoms with E-state index in [-0.39, 0.29) is 18.2 Å². The molecule has 0 aliphatic carbocycles. The fourth-order valence-electron chi connectivity index (χ4n) is 3.69. The van der Waals surface area contributed by atoms with Gasteiger partial charge < -0.3 is 10.2 Å². The first-order valence-corrected chi connectivity index (χ1v) is 12.2. The van der Waals surface area contributed by atoms with Crippen LogP contribution in [0.1, 0.15) is 30.5 Å². The number of benzene rings is 3. The molecule has 0 aliphatic rings. The number of halogens is 2. The van der Waals surface area contributed by atoms with Gasteiger partial charge in [-0.25, -0.2) is 0 Å². The van der Waals surface area contributed by atoms with Crippen LogP contribution in [0.25, 0.3) is 0 Å². The van der Waals surface area contributed by atoms with Crippen LogP contribution in [0.2, 0.25) is 10.0 Å². The Balaban J connectivity index is 1.94. The van der Waals surface area contributed by atoms with Crippen molar-refractivity contribution in [2.24, 2.45) is 5.92 Å². The van der Waals surface area contributed by atoms with Gasteiger partial charge in [0.2, 0.25) is 11.8 Å². The van der Waals surface area contributed by atoms with Crippen molar-refractivity contribution in [2.75, 3.05) is 6.54 Å². The van der Waals surface area contributed by atoms with E-state index in [0.717, 1.165) is 16.7 Å². The monoisotopic (exact) mass is 496 g/mol. The first-order valence-electron chi connectivity index (χ1n) is 11.4. The van der Waals surface area contributed by atoms with E-state index in [1.54, 1.807) is 29.2 Å². The molecular formula is C28H30Cl2N2O2. The van der Waals surface area contributed by atoms with Crippen LogP contribution < -0.4 is 5.32 Å². The minimum Gasteiger partial charge on any atom is -0.354 e. The molecule has 3 rings (SSSR count). The number of nitrogens with one attached hydrogen (secondary N) is 1. The molecule has 0 saturated carbocycles. The maximum atomic E-state index is 13.6. The molecule has 34 heavy (non-hydrogen) atoms. The van der Waals surface area contributed by atoms with E-state index >= 15 is 0 Å². The van der Waals surface area contributed by atoms with Crippen LogP contribution in [0.5, 0.6) is 0 Å². The Hall–Kier alpha value is -2.82. The summed E-state index contributed by atoms with van der Waals surface area (Å²) in [5, 5.41) is 4.23. The third kappa shape index (κ3) is 7.89. The van der Waals surface area contributed by atoms with Crippen molar-refractivity contribution >= 4 is 35.0 Å². The lowest BCUT2D eigenvalue weighted by Crippen LogP contribution is -2.51. The first kappa shape index (κ1) is 25.8. The molecule has 0 spiro atoms. The third-order valence-corrected chi connectivity index (χ3v) is 5.95. The molecule has 4 nitrogen and oxygen atoms in total. The van der Waals surface area contributed by atoms with Gasteiger partial charge in [-0.3, -0.25) is 9.59 Å². The van der Waals surface area contributed by atoms with E-state index in [4.69, 9.17) is 23.2 Å². The summed E-state index contributed by atoms with van der Waals surface area (Å²) in [4.78, 5) is 28.7. The lowest BCUT2D eigenvalue weighted by atomic mass is 10.0. The van der Waals surface area contributed by atoms with Gasteiger partial charge >= 0.3 is 0 Å². The second kappa shape index (κ2) is 12.6. The molecule has 0 fully saturated rings. The predicted octanol–water partition coefficient (Wildman–Crippen LogP) is 5.95. The lowest BCUT2D eigenvalue weighted by molar-refractivity contribution is -0.140.